The molecule has 0 N–H and O–H groups in total. The molecule has 19 heavy (non-hydrogen) atoms. The molecule has 0 saturated carbocycles. The quantitative estimate of drug-likeness (QED) is 0.781. The maximum absolute atomic E-state index is 12.6. The largest absolute Gasteiger partial charge is 0.308 e. The average molecular weight is 252 g/mol. The van der Waals surface area contributed by atoms with E-state index in [-0.39, 0.29) is 5.91 Å². The van der Waals surface area contributed by atoms with Gasteiger partial charge < -0.3 is 4.90 Å². The number of rotatable bonds is 1. The number of aromatic nitrogens is 1. The monoisotopic (exact) mass is 252 g/mol. The zero-order valence-electron chi connectivity index (χ0n) is 11.0. The minimum Gasteiger partial charge on any atom is -0.308 e. The fourth-order valence-corrected chi connectivity index (χ4v) is 2.70. The van der Waals surface area contributed by atoms with E-state index < -0.39 is 0 Å². The Morgan fingerprint density at radius 2 is 2.00 bits per heavy atom. The Hall–Kier alpha value is -2.16. The lowest BCUT2D eigenvalue weighted by Gasteiger charge is -2.31. The Labute approximate surface area is 112 Å². The highest BCUT2D eigenvalue weighted by atomic mass is 16.2. The van der Waals surface area contributed by atoms with Gasteiger partial charge in [-0.25, -0.2) is 0 Å². The van der Waals surface area contributed by atoms with Gasteiger partial charge in [0, 0.05) is 24.5 Å². The van der Waals surface area contributed by atoms with Gasteiger partial charge in [-0.3, -0.25) is 9.78 Å². The second kappa shape index (κ2) is 4.84. The number of aryl methyl sites for hydroxylation is 2. The minimum atomic E-state index is 0.0673. The van der Waals surface area contributed by atoms with Crippen molar-refractivity contribution >= 4 is 11.6 Å². The normalized spacial score (nSPS) is 14.1. The molecule has 3 heteroatoms. The Morgan fingerprint density at radius 1 is 1.21 bits per heavy atom. The lowest BCUT2D eigenvalue weighted by Crippen LogP contribution is -2.36. The number of anilines is 1. The number of carbonyl (C=O) groups excluding carboxylic acids is 1. The van der Waals surface area contributed by atoms with Gasteiger partial charge in [0.25, 0.3) is 5.91 Å². The number of benzene rings is 1. The van der Waals surface area contributed by atoms with Crippen LogP contribution in [0.3, 0.4) is 0 Å². The predicted octanol–water partition coefficient (Wildman–Crippen LogP) is 2.98. The second-order valence-corrected chi connectivity index (χ2v) is 4.88. The van der Waals surface area contributed by atoms with E-state index in [1.165, 1.54) is 11.1 Å². The number of carbonyl (C=O) groups is 1. The Bertz CT molecular complexity index is 607. The van der Waals surface area contributed by atoms with Gasteiger partial charge in [-0.05, 0) is 43.0 Å². The van der Waals surface area contributed by atoms with Gasteiger partial charge in [0.15, 0.2) is 0 Å². The molecule has 3 nitrogen and oxygen atoms in total. The summed E-state index contributed by atoms with van der Waals surface area (Å²) in [6, 6.07) is 9.80. The molecule has 1 aliphatic heterocycles. The molecule has 2 aromatic rings. The third-order valence-corrected chi connectivity index (χ3v) is 3.59. The van der Waals surface area contributed by atoms with Crippen molar-refractivity contribution in [2.45, 2.75) is 19.8 Å². The van der Waals surface area contributed by atoms with Crippen LogP contribution in [-0.4, -0.2) is 17.4 Å². The summed E-state index contributed by atoms with van der Waals surface area (Å²) in [7, 11) is 0. The lowest BCUT2D eigenvalue weighted by atomic mass is 9.97. The van der Waals surface area contributed by atoms with Crippen LogP contribution < -0.4 is 4.90 Å². The molecular weight excluding hydrogens is 236 g/mol. The average Bonchev–Trinajstić information content (AvgIpc) is 2.47. The summed E-state index contributed by atoms with van der Waals surface area (Å²) < 4.78 is 0. The molecule has 1 aromatic heterocycles. The topological polar surface area (TPSA) is 33.2 Å². The molecule has 0 fully saturated rings. The van der Waals surface area contributed by atoms with Gasteiger partial charge in [-0.1, -0.05) is 18.2 Å². The molecule has 0 atom stereocenters. The summed E-state index contributed by atoms with van der Waals surface area (Å²) in [5.41, 5.74) is 4.23. The molecule has 2 heterocycles. The van der Waals surface area contributed by atoms with Crippen LogP contribution in [0.1, 0.15) is 27.9 Å². The third kappa shape index (κ3) is 2.12. The lowest BCUT2D eigenvalue weighted by molar-refractivity contribution is 0.0985. The van der Waals surface area contributed by atoms with E-state index >= 15 is 0 Å². The zero-order valence-corrected chi connectivity index (χ0v) is 11.0. The van der Waals surface area contributed by atoms with Crippen molar-refractivity contribution < 1.29 is 4.79 Å². The number of hydrogen-bond acceptors (Lipinski definition) is 2. The fraction of sp³-hybridized carbons (Fsp3) is 0.250. The molecule has 0 saturated heterocycles. The molecule has 0 bridgehead atoms. The molecule has 1 aromatic carbocycles. The van der Waals surface area contributed by atoms with E-state index in [0.717, 1.165) is 25.1 Å². The molecule has 96 valence electrons. The van der Waals surface area contributed by atoms with Crippen LogP contribution in [0.25, 0.3) is 0 Å². The van der Waals surface area contributed by atoms with Gasteiger partial charge in [-0.2, -0.15) is 0 Å². The highest BCUT2D eigenvalue weighted by Crippen LogP contribution is 2.31. The number of amides is 1. The van der Waals surface area contributed by atoms with Crippen molar-refractivity contribution in [3.05, 3.63) is 59.4 Å². The smallest absolute Gasteiger partial charge is 0.258 e. The van der Waals surface area contributed by atoms with Crippen LogP contribution in [0.5, 0.6) is 0 Å². The number of para-hydroxylation sites is 1. The number of nitrogens with zero attached hydrogens (tertiary/aromatic N) is 2. The summed E-state index contributed by atoms with van der Waals surface area (Å²) in [5, 5.41) is 0. The summed E-state index contributed by atoms with van der Waals surface area (Å²) >= 11 is 0. The van der Waals surface area contributed by atoms with Crippen LogP contribution in [0, 0.1) is 6.92 Å². The maximum Gasteiger partial charge on any atom is 0.258 e. The van der Waals surface area contributed by atoms with Crippen molar-refractivity contribution in [1.82, 2.24) is 4.98 Å². The van der Waals surface area contributed by atoms with Gasteiger partial charge >= 0.3 is 0 Å². The first kappa shape index (κ1) is 11.9. The molecule has 0 aliphatic carbocycles. The van der Waals surface area contributed by atoms with Crippen molar-refractivity contribution in [3.63, 3.8) is 0 Å². The highest BCUT2D eigenvalue weighted by Gasteiger charge is 2.24. The van der Waals surface area contributed by atoms with Crippen molar-refractivity contribution in [3.8, 4) is 0 Å². The van der Waals surface area contributed by atoms with Crippen LogP contribution in [0.4, 0.5) is 5.69 Å². The highest BCUT2D eigenvalue weighted by molar-refractivity contribution is 6.07. The summed E-state index contributed by atoms with van der Waals surface area (Å²) in [5.74, 6) is 0.0673. The molecular formula is C16H16N2O. The second-order valence-electron chi connectivity index (χ2n) is 4.88. The summed E-state index contributed by atoms with van der Waals surface area (Å²) in [6.07, 6.45) is 5.40. The Balaban J connectivity index is 2.03. The van der Waals surface area contributed by atoms with Gasteiger partial charge in [0.05, 0.1) is 5.69 Å². The number of fused-ring (bicyclic) bond motifs is 1. The van der Waals surface area contributed by atoms with E-state index in [4.69, 9.17) is 0 Å². The first-order chi connectivity index (χ1) is 9.27. The molecule has 3 rings (SSSR count). The Morgan fingerprint density at radius 3 is 2.79 bits per heavy atom. The molecule has 1 aliphatic rings. The standard InChI is InChI=1S/C16H16N2O/c1-12-4-2-5-13-6-3-11-18(15(12)13)16(19)14-7-9-17-10-8-14/h2,4-5,7-10H,3,6,11H2,1H3. The maximum atomic E-state index is 12.6. The number of pyridine rings is 1. The van der Waals surface area contributed by atoms with E-state index in [1.54, 1.807) is 24.5 Å². The SMILES string of the molecule is Cc1cccc2c1N(C(=O)c1ccncc1)CCC2. The van der Waals surface area contributed by atoms with Gasteiger partial charge in [0.1, 0.15) is 0 Å². The fourth-order valence-electron chi connectivity index (χ4n) is 2.70. The first-order valence-electron chi connectivity index (χ1n) is 6.58. The van der Waals surface area contributed by atoms with E-state index in [1.807, 2.05) is 4.90 Å². The van der Waals surface area contributed by atoms with Crippen molar-refractivity contribution in [2.24, 2.45) is 0 Å². The van der Waals surface area contributed by atoms with Crippen LogP contribution in [0.15, 0.2) is 42.7 Å². The van der Waals surface area contributed by atoms with Crippen LogP contribution >= 0.6 is 0 Å². The predicted molar refractivity (Wildman–Crippen MR) is 75.4 cm³/mol. The van der Waals surface area contributed by atoms with Crippen molar-refractivity contribution in [1.29, 1.82) is 0 Å². The van der Waals surface area contributed by atoms with Crippen LogP contribution in [0.2, 0.25) is 0 Å². The molecule has 0 unspecified atom stereocenters. The molecule has 0 radical (unpaired) electrons. The third-order valence-electron chi connectivity index (χ3n) is 3.59. The van der Waals surface area contributed by atoms with Crippen molar-refractivity contribution in [2.75, 3.05) is 11.4 Å². The molecule has 0 spiro atoms. The van der Waals surface area contributed by atoms with Gasteiger partial charge in [0.2, 0.25) is 0 Å². The zero-order chi connectivity index (χ0) is 13.2. The molecule has 1 amide bonds. The summed E-state index contributed by atoms with van der Waals surface area (Å²) in [4.78, 5) is 18.5. The van der Waals surface area contributed by atoms with E-state index in [9.17, 15) is 4.79 Å². The minimum absolute atomic E-state index is 0.0673. The Kier molecular flexibility index (Phi) is 3.03. The van der Waals surface area contributed by atoms with E-state index in [2.05, 4.69) is 30.1 Å². The van der Waals surface area contributed by atoms with Crippen LogP contribution in [-0.2, 0) is 6.42 Å². The number of hydrogen-bond donors (Lipinski definition) is 0. The summed E-state index contributed by atoms with van der Waals surface area (Å²) in [6.45, 7) is 2.86. The first-order valence-corrected chi connectivity index (χ1v) is 6.58. The van der Waals surface area contributed by atoms with E-state index in [0.29, 0.717) is 5.56 Å². The van der Waals surface area contributed by atoms with Gasteiger partial charge in [-0.15, -0.1) is 0 Å².